The molecule has 1 aromatic carbocycles. The molecule has 0 aromatic heterocycles. The number of benzene rings is 1. The summed E-state index contributed by atoms with van der Waals surface area (Å²) in [4.78, 5) is 14.0. The molecule has 0 aliphatic rings. The molecule has 1 rings (SSSR count). The number of nitrogens with zero attached hydrogens (tertiary/aromatic N) is 1. The summed E-state index contributed by atoms with van der Waals surface area (Å²) in [5.41, 5.74) is 0.965. The van der Waals surface area contributed by atoms with Gasteiger partial charge in [0.2, 0.25) is 6.08 Å². The van der Waals surface area contributed by atoms with E-state index in [0.29, 0.717) is 13.0 Å². The first kappa shape index (κ1) is 12.2. The molecule has 0 fully saturated rings. The Bertz CT molecular complexity index is 377. The van der Waals surface area contributed by atoms with Crippen LogP contribution in [0.3, 0.4) is 0 Å². The second-order valence-electron chi connectivity index (χ2n) is 3.26. The van der Waals surface area contributed by atoms with Crippen molar-refractivity contribution in [1.82, 2.24) is 0 Å². The predicted octanol–water partition coefficient (Wildman–Crippen LogP) is 3.04. The van der Waals surface area contributed by atoms with E-state index in [1.54, 1.807) is 12.2 Å². The fraction of sp³-hybridized carbons (Fsp3) is 0.308. The second-order valence-corrected chi connectivity index (χ2v) is 3.26. The van der Waals surface area contributed by atoms with E-state index >= 15 is 0 Å². The van der Waals surface area contributed by atoms with E-state index in [2.05, 4.69) is 11.6 Å². The first-order valence-corrected chi connectivity index (χ1v) is 5.22. The zero-order valence-electron chi connectivity index (χ0n) is 9.35. The largest absolute Gasteiger partial charge is 0.494 e. The zero-order valence-corrected chi connectivity index (χ0v) is 9.35. The Kier molecular flexibility index (Phi) is 5.03. The van der Waals surface area contributed by atoms with Crippen molar-refractivity contribution in [3.8, 4) is 5.75 Å². The van der Waals surface area contributed by atoms with Gasteiger partial charge in [-0.2, -0.15) is 4.99 Å². The number of rotatable bonds is 6. The van der Waals surface area contributed by atoms with Crippen LogP contribution in [0.25, 0.3) is 0 Å². The highest BCUT2D eigenvalue weighted by Crippen LogP contribution is 2.23. The lowest BCUT2D eigenvalue weighted by Crippen LogP contribution is -1.95. The number of isocyanates is 1. The van der Waals surface area contributed by atoms with Gasteiger partial charge in [-0.05, 0) is 31.0 Å². The van der Waals surface area contributed by atoms with Crippen LogP contribution >= 0.6 is 0 Å². The highest BCUT2D eigenvalue weighted by atomic mass is 16.5. The molecule has 0 heterocycles. The number of ether oxygens (including phenoxy) is 1. The fourth-order valence-electron chi connectivity index (χ4n) is 1.44. The highest BCUT2D eigenvalue weighted by Gasteiger charge is 2.07. The van der Waals surface area contributed by atoms with Crippen LogP contribution in [0.5, 0.6) is 5.75 Å². The van der Waals surface area contributed by atoms with E-state index in [9.17, 15) is 4.79 Å². The van der Waals surface area contributed by atoms with Crippen molar-refractivity contribution in [1.29, 1.82) is 0 Å². The van der Waals surface area contributed by atoms with Gasteiger partial charge in [-0.25, -0.2) is 4.79 Å². The number of hydrogen-bond donors (Lipinski definition) is 0. The molecular weight excluding hydrogens is 202 g/mol. The van der Waals surface area contributed by atoms with Crippen LogP contribution in [0, 0.1) is 0 Å². The van der Waals surface area contributed by atoms with Gasteiger partial charge in [0.1, 0.15) is 5.75 Å². The third-order valence-electron chi connectivity index (χ3n) is 2.17. The van der Waals surface area contributed by atoms with Gasteiger partial charge >= 0.3 is 0 Å². The van der Waals surface area contributed by atoms with E-state index in [4.69, 9.17) is 4.74 Å². The van der Waals surface area contributed by atoms with Crippen molar-refractivity contribution in [2.75, 3.05) is 6.61 Å². The molecule has 0 amide bonds. The summed E-state index contributed by atoms with van der Waals surface area (Å²) in [5, 5.41) is 0. The summed E-state index contributed by atoms with van der Waals surface area (Å²) in [5.74, 6) is 0.818. The maximum absolute atomic E-state index is 10.3. The van der Waals surface area contributed by atoms with Crippen LogP contribution in [0.15, 0.2) is 41.9 Å². The van der Waals surface area contributed by atoms with Gasteiger partial charge in [-0.15, -0.1) is 6.58 Å². The first-order chi connectivity index (χ1) is 7.81. The number of hydrogen-bond acceptors (Lipinski definition) is 3. The maximum Gasteiger partial charge on any atom is 0.235 e. The molecule has 3 heteroatoms. The minimum Gasteiger partial charge on any atom is -0.494 e. The van der Waals surface area contributed by atoms with Crippen LogP contribution in [-0.2, 0) is 4.79 Å². The van der Waals surface area contributed by atoms with E-state index < -0.39 is 0 Å². The molecule has 1 atom stereocenters. The van der Waals surface area contributed by atoms with Crippen LogP contribution in [0.1, 0.15) is 24.9 Å². The monoisotopic (exact) mass is 217 g/mol. The summed E-state index contributed by atoms with van der Waals surface area (Å²) in [6, 6.07) is 7.36. The summed E-state index contributed by atoms with van der Waals surface area (Å²) >= 11 is 0. The molecule has 1 aromatic rings. The van der Waals surface area contributed by atoms with E-state index in [0.717, 1.165) is 11.3 Å². The average molecular weight is 217 g/mol. The minimum atomic E-state index is -0.189. The molecule has 0 unspecified atom stereocenters. The van der Waals surface area contributed by atoms with Crippen molar-refractivity contribution in [2.45, 2.75) is 19.4 Å². The van der Waals surface area contributed by atoms with Crippen molar-refractivity contribution in [3.05, 3.63) is 42.5 Å². The van der Waals surface area contributed by atoms with Crippen molar-refractivity contribution < 1.29 is 9.53 Å². The van der Waals surface area contributed by atoms with Crippen LogP contribution < -0.4 is 4.74 Å². The minimum absolute atomic E-state index is 0.189. The van der Waals surface area contributed by atoms with Gasteiger partial charge in [0.25, 0.3) is 0 Å². The SMILES string of the molecule is C=CC[C@@H](N=C=O)c1ccc(OCC)cc1. The molecule has 0 saturated heterocycles. The molecule has 0 aliphatic heterocycles. The van der Waals surface area contributed by atoms with Crippen molar-refractivity contribution >= 4 is 6.08 Å². The molecular formula is C13H15NO2. The van der Waals surface area contributed by atoms with E-state index in [-0.39, 0.29) is 6.04 Å². The Morgan fingerprint density at radius 2 is 2.19 bits per heavy atom. The Morgan fingerprint density at radius 3 is 2.69 bits per heavy atom. The summed E-state index contributed by atoms with van der Waals surface area (Å²) in [7, 11) is 0. The molecule has 84 valence electrons. The molecule has 0 N–H and O–H groups in total. The van der Waals surface area contributed by atoms with Crippen molar-refractivity contribution in [2.24, 2.45) is 4.99 Å². The van der Waals surface area contributed by atoms with Gasteiger partial charge in [-0.1, -0.05) is 18.2 Å². The summed E-state index contributed by atoms with van der Waals surface area (Å²) < 4.78 is 5.33. The lowest BCUT2D eigenvalue weighted by molar-refractivity contribution is 0.340. The van der Waals surface area contributed by atoms with Crippen molar-refractivity contribution in [3.63, 3.8) is 0 Å². The van der Waals surface area contributed by atoms with Crippen LogP contribution in [-0.4, -0.2) is 12.7 Å². The van der Waals surface area contributed by atoms with Gasteiger partial charge in [-0.3, -0.25) is 0 Å². The van der Waals surface area contributed by atoms with Gasteiger partial charge in [0.05, 0.1) is 12.6 Å². The topological polar surface area (TPSA) is 38.7 Å². The summed E-state index contributed by atoms with van der Waals surface area (Å²) in [6.07, 6.45) is 3.95. The zero-order chi connectivity index (χ0) is 11.8. The van der Waals surface area contributed by atoms with Crippen LogP contribution in [0.2, 0.25) is 0 Å². The fourth-order valence-corrected chi connectivity index (χ4v) is 1.44. The Morgan fingerprint density at radius 1 is 1.50 bits per heavy atom. The Labute approximate surface area is 95.5 Å². The molecule has 16 heavy (non-hydrogen) atoms. The highest BCUT2D eigenvalue weighted by molar-refractivity contribution is 5.37. The molecule has 3 nitrogen and oxygen atoms in total. The molecule has 0 radical (unpaired) electrons. The second kappa shape index (κ2) is 6.59. The maximum atomic E-state index is 10.3. The lowest BCUT2D eigenvalue weighted by Gasteiger charge is -2.09. The standard InChI is InChI=1S/C13H15NO2/c1-3-5-13(14-10-15)11-6-8-12(9-7-11)16-4-2/h3,6-9,13H,1,4-5H2,2H3/t13-/m1/s1. The van der Waals surface area contributed by atoms with E-state index in [1.807, 2.05) is 31.2 Å². The Balaban J connectivity index is 2.84. The predicted molar refractivity (Wildman–Crippen MR) is 63.3 cm³/mol. The number of aliphatic imine (C=N–C) groups is 1. The molecule has 0 bridgehead atoms. The van der Waals surface area contributed by atoms with E-state index in [1.165, 1.54) is 0 Å². The van der Waals surface area contributed by atoms with Gasteiger partial charge in [0.15, 0.2) is 0 Å². The third kappa shape index (κ3) is 3.37. The quantitative estimate of drug-likeness (QED) is 0.417. The first-order valence-electron chi connectivity index (χ1n) is 5.22. The lowest BCUT2D eigenvalue weighted by atomic mass is 10.0. The normalized spacial score (nSPS) is 11.3. The third-order valence-corrected chi connectivity index (χ3v) is 2.17. The molecule has 0 aliphatic carbocycles. The van der Waals surface area contributed by atoms with Gasteiger partial charge in [0, 0.05) is 0 Å². The van der Waals surface area contributed by atoms with Gasteiger partial charge < -0.3 is 4.74 Å². The molecule has 0 saturated carbocycles. The Hall–Kier alpha value is -1.86. The smallest absolute Gasteiger partial charge is 0.235 e. The van der Waals surface area contributed by atoms with Crippen LogP contribution in [0.4, 0.5) is 0 Å². The average Bonchev–Trinajstić information content (AvgIpc) is 2.30. The molecule has 0 spiro atoms. The summed E-state index contributed by atoms with van der Waals surface area (Å²) in [6.45, 7) is 6.22. The number of carbonyl (C=O) groups excluding carboxylic acids is 1.